The zero-order valence-corrected chi connectivity index (χ0v) is 19.6. The molecule has 0 aliphatic rings. The van der Waals surface area contributed by atoms with Gasteiger partial charge in [-0.3, -0.25) is 4.79 Å². The van der Waals surface area contributed by atoms with E-state index in [0.29, 0.717) is 37.8 Å². The highest BCUT2D eigenvalue weighted by Gasteiger charge is 2.23. The quantitative estimate of drug-likeness (QED) is 0.497. The first-order chi connectivity index (χ1) is 14.9. The summed E-state index contributed by atoms with van der Waals surface area (Å²) < 4.78 is 6.65. The first-order valence-electron chi connectivity index (χ1n) is 9.79. The summed E-state index contributed by atoms with van der Waals surface area (Å²) in [7, 11) is 0. The molecule has 2 heterocycles. The van der Waals surface area contributed by atoms with Crippen LogP contribution in [0.4, 0.5) is 4.79 Å². The van der Waals surface area contributed by atoms with Gasteiger partial charge in [-0.15, -0.1) is 0 Å². The molecule has 0 fully saturated rings. The van der Waals surface area contributed by atoms with Crippen molar-refractivity contribution in [1.29, 1.82) is 0 Å². The van der Waals surface area contributed by atoms with Crippen molar-refractivity contribution >= 4 is 46.1 Å². The maximum absolute atomic E-state index is 12.3. The van der Waals surface area contributed by atoms with Crippen LogP contribution in [0.1, 0.15) is 32.0 Å². The number of amides is 2. The molecule has 2 amide bonds. The van der Waals surface area contributed by atoms with Gasteiger partial charge in [-0.1, -0.05) is 29.3 Å². The number of benzene rings is 1. The lowest BCUT2D eigenvalue weighted by atomic mass is 9.95. The molecule has 0 radical (unpaired) electrons. The molecule has 0 bridgehead atoms. The van der Waals surface area contributed by atoms with Crippen LogP contribution in [0.5, 0.6) is 5.88 Å². The molecule has 170 valence electrons. The number of carbonyl (C=O) groups is 2. The summed E-state index contributed by atoms with van der Waals surface area (Å²) in [5, 5.41) is 14.8. The Kier molecular flexibility index (Phi) is 6.57. The molecular formula is C22H24Cl2N4O4. The van der Waals surface area contributed by atoms with E-state index in [9.17, 15) is 14.7 Å². The third-order valence-electron chi connectivity index (χ3n) is 4.65. The summed E-state index contributed by atoms with van der Waals surface area (Å²) in [6, 6.07) is 5.04. The van der Waals surface area contributed by atoms with E-state index >= 15 is 0 Å². The van der Waals surface area contributed by atoms with E-state index in [0.717, 1.165) is 0 Å². The van der Waals surface area contributed by atoms with Crippen molar-refractivity contribution in [3.8, 4) is 17.0 Å². The summed E-state index contributed by atoms with van der Waals surface area (Å²) >= 11 is 12.6. The SMILES string of the molecule is Cc1nc2c(O)n(CC(N)=O)cc2c(-c2ccc(Cl)cc2Cl)c1CNC(=O)OC(C)(C)C. The molecule has 0 aliphatic carbocycles. The van der Waals surface area contributed by atoms with Gasteiger partial charge in [0, 0.05) is 50.6 Å². The van der Waals surface area contributed by atoms with Crippen molar-refractivity contribution < 1.29 is 19.4 Å². The highest BCUT2D eigenvalue weighted by atomic mass is 35.5. The molecule has 8 nitrogen and oxygen atoms in total. The number of fused-ring (bicyclic) bond motifs is 1. The number of ether oxygens (including phenoxy) is 1. The Bertz CT molecular complexity index is 1220. The maximum Gasteiger partial charge on any atom is 0.407 e. The van der Waals surface area contributed by atoms with Crippen molar-refractivity contribution in [1.82, 2.24) is 14.9 Å². The Labute approximate surface area is 195 Å². The van der Waals surface area contributed by atoms with E-state index in [1.807, 2.05) is 0 Å². The first kappa shape index (κ1) is 23.7. The third-order valence-corrected chi connectivity index (χ3v) is 5.19. The lowest BCUT2D eigenvalue weighted by molar-refractivity contribution is -0.118. The minimum atomic E-state index is -0.651. The van der Waals surface area contributed by atoms with Crippen molar-refractivity contribution in [2.24, 2.45) is 5.73 Å². The van der Waals surface area contributed by atoms with E-state index in [4.69, 9.17) is 33.7 Å². The maximum atomic E-state index is 12.3. The number of pyridine rings is 1. The number of primary amides is 1. The number of aryl methyl sites for hydroxylation is 1. The number of halogens is 2. The summed E-state index contributed by atoms with van der Waals surface area (Å²) in [6.07, 6.45) is 0.998. The van der Waals surface area contributed by atoms with Crippen LogP contribution in [0.25, 0.3) is 22.0 Å². The fraction of sp³-hybridized carbons (Fsp3) is 0.318. The van der Waals surface area contributed by atoms with Gasteiger partial charge >= 0.3 is 6.09 Å². The molecular weight excluding hydrogens is 455 g/mol. The lowest BCUT2D eigenvalue weighted by Gasteiger charge is -2.21. The number of hydrogen-bond donors (Lipinski definition) is 3. The largest absolute Gasteiger partial charge is 0.493 e. The van der Waals surface area contributed by atoms with E-state index < -0.39 is 17.6 Å². The molecule has 10 heteroatoms. The molecule has 4 N–H and O–H groups in total. The molecule has 3 rings (SSSR count). The smallest absolute Gasteiger partial charge is 0.407 e. The molecule has 0 saturated heterocycles. The van der Waals surface area contributed by atoms with Crippen LogP contribution in [-0.4, -0.2) is 32.3 Å². The normalized spacial score (nSPS) is 11.6. The van der Waals surface area contributed by atoms with Gasteiger partial charge in [0.1, 0.15) is 17.7 Å². The van der Waals surface area contributed by atoms with Crippen LogP contribution in [0, 0.1) is 6.92 Å². The molecule has 0 atom stereocenters. The second kappa shape index (κ2) is 8.88. The molecule has 32 heavy (non-hydrogen) atoms. The molecule has 0 unspecified atom stereocenters. The van der Waals surface area contributed by atoms with Crippen molar-refractivity contribution in [2.45, 2.75) is 46.4 Å². The fourth-order valence-electron chi connectivity index (χ4n) is 3.39. The van der Waals surface area contributed by atoms with Crippen LogP contribution in [0.2, 0.25) is 10.0 Å². The fourth-order valence-corrected chi connectivity index (χ4v) is 3.89. The number of rotatable bonds is 5. The lowest BCUT2D eigenvalue weighted by Crippen LogP contribution is -2.32. The minimum Gasteiger partial charge on any atom is -0.493 e. The van der Waals surface area contributed by atoms with Crippen molar-refractivity contribution in [3.63, 3.8) is 0 Å². The van der Waals surface area contributed by atoms with Crippen LogP contribution in [0.15, 0.2) is 24.4 Å². The Morgan fingerprint density at radius 3 is 2.56 bits per heavy atom. The summed E-state index contributed by atoms with van der Waals surface area (Å²) in [4.78, 5) is 28.2. The number of nitrogens with zero attached hydrogens (tertiary/aromatic N) is 2. The van der Waals surface area contributed by atoms with Gasteiger partial charge in [0.15, 0.2) is 0 Å². The Balaban J connectivity index is 2.20. The van der Waals surface area contributed by atoms with E-state index in [1.54, 1.807) is 52.1 Å². The van der Waals surface area contributed by atoms with Crippen LogP contribution in [-0.2, 0) is 22.6 Å². The third kappa shape index (κ3) is 5.08. The van der Waals surface area contributed by atoms with Crippen LogP contribution in [0.3, 0.4) is 0 Å². The van der Waals surface area contributed by atoms with Crippen LogP contribution < -0.4 is 11.1 Å². The monoisotopic (exact) mass is 478 g/mol. The van der Waals surface area contributed by atoms with E-state index in [-0.39, 0.29) is 24.5 Å². The van der Waals surface area contributed by atoms with Gasteiger partial charge in [0.2, 0.25) is 11.8 Å². The highest BCUT2D eigenvalue weighted by molar-refractivity contribution is 6.36. The molecule has 0 aliphatic heterocycles. The minimum absolute atomic E-state index is 0.0970. The van der Waals surface area contributed by atoms with Gasteiger partial charge in [-0.2, -0.15) is 0 Å². The summed E-state index contributed by atoms with van der Waals surface area (Å²) in [6.45, 7) is 6.95. The average Bonchev–Trinajstić information content (AvgIpc) is 2.94. The van der Waals surface area contributed by atoms with E-state index in [1.165, 1.54) is 4.57 Å². The average molecular weight is 479 g/mol. The zero-order valence-electron chi connectivity index (χ0n) is 18.1. The number of nitrogens with one attached hydrogen (secondary N) is 1. The predicted octanol–water partition coefficient (Wildman–Crippen LogP) is 4.53. The Hall–Kier alpha value is -2.97. The molecule has 0 spiro atoms. The van der Waals surface area contributed by atoms with Gasteiger partial charge in [0.05, 0.1) is 0 Å². The van der Waals surface area contributed by atoms with Gasteiger partial charge in [0.25, 0.3) is 0 Å². The van der Waals surface area contributed by atoms with E-state index in [2.05, 4.69) is 10.3 Å². The summed E-state index contributed by atoms with van der Waals surface area (Å²) in [5.41, 5.74) is 7.44. The Morgan fingerprint density at radius 1 is 1.28 bits per heavy atom. The van der Waals surface area contributed by atoms with Crippen LogP contribution >= 0.6 is 23.2 Å². The number of carbonyl (C=O) groups excluding carboxylic acids is 2. The van der Waals surface area contributed by atoms with Crippen molar-refractivity contribution in [2.75, 3.05) is 0 Å². The molecule has 2 aromatic heterocycles. The molecule has 1 aromatic carbocycles. The second-order valence-corrected chi connectivity index (χ2v) is 9.18. The van der Waals surface area contributed by atoms with Gasteiger partial charge < -0.3 is 25.5 Å². The molecule has 0 saturated carbocycles. The summed E-state index contributed by atoms with van der Waals surface area (Å²) in [5.74, 6) is -0.810. The van der Waals surface area contributed by atoms with Gasteiger partial charge in [-0.05, 0) is 39.8 Å². The van der Waals surface area contributed by atoms with Crippen molar-refractivity contribution in [3.05, 3.63) is 45.7 Å². The predicted molar refractivity (Wildman–Crippen MR) is 124 cm³/mol. The second-order valence-electron chi connectivity index (χ2n) is 8.34. The zero-order chi connectivity index (χ0) is 23.8. The standard InChI is InChI=1S/C22H24Cl2N4O4/c1-11-14(8-26-21(31)32-22(2,3)4)18(13-6-5-12(23)7-16(13)24)15-9-28(10-17(25)29)20(30)19(15)27-11/h5-7,9,30H,8,10H2,1-4H3,(H2,25,29)(H,26,31). The number of nitrogens with two attached hydrogens (primary N) is 1. The molecule has 3 aromatic rings. The highest BCUT2D eigenvalue weighted by Crippen LogP contribution is 2.41. The number of alkyl carbamates (subject to hydrolysis) is 1. The number of aromatic hydroxyl groups is 1. The Morgan fingerprint density at radius 2 is 1.97 bits per heavy atom. The van der Waals surface area contributed by atoms with Gasteiger partial charge in [-0.25, -0.2) is 9.78 Å². The topological polar surface area (TPSA) is 119 Å². The number of aromatic nitrogens is 2. The number of hydrogen-bond acceptors (Lipinski definition) is 5. The first-order valence-corrected chi connectivity index (χ1v) is 10.5.